The quantitative estimate of drug-likeness (QED) is 0.739. The number of piperidine rings is 1. The minimum atomic E-state index is -0.142. The van der Waals surface area contributed by atoms with E-state index in [4.69, 9.17) is 9.47 Å². The van der Waals surface area contributed by atoms with Crippen molar-refractivity contribution in [2.45, 2.75) is 33.1 Å². The van der Waals surface area contributed by atoms with Gasteiger partial charge in [-0.1, -0.05) is 6.07 Å². The third kappa shape index (κ3) is 6.04. The van der Waals surface area contributed by atoms with Gasteiger partial charge < -0.3 is 24.6 Å². The number of carbonyl (C=O) groups is 2. The first kappa shape index (κ1) is 21.9. The number of hydrogen-bond donors (Lipinski definition) is 1. The van der Waals surface area contributed by atoms with Crippen LogP contribution in [0.4, 0.5) is 4.79 Å². The minimum absolute atomic E-state index is 0.0206. The summed E-state index contributed by atoms with van der Waals surface area (Å²) in [6, 6.07) is 5.85. The SMILES string of the molecule is CCOc1ccc(CCNC(=O)[C@@H]2CCCN(C(=O)N(C)C)C2)cc1OCC. The van der Waals surface area contributed by atoms with Gasteiger partial charge in [0.25, 0.3) is 0 Å². The number of rotatable bonds is 8. The van der Waals surface area contributed by atoms with E-state index in [9.17, 15) is 9.59 Å². The Labute approximate surface area is 168 Å². The Morgan fingerprint density at radius 3 is 2.57 bits per heavy atom. The fraction of sp³-hybridized carbons (Fsp3) is 0.619. The zero-order chi connectivity index (χ0) is 20.5. The van der Waals surface area contributed by atoms with Crippen molar-refractivity contribution in [1.82, 2.24) is 15.1 Å². The van der Waals surface area contributed by atoms with E-state index in [1.165, 1.54) is 0 Å². The zero-order valence-electron chi connectivity index (χ0n) is 17.5. The van der Waals surface area contributed by atoms with E-state index in [1.807, 2.05) is 32.0 Å². The van der Waals surface area contributed by atoms with Crippen molar-refractivity contribution in [2.75, 3.05) is 46.9 Å². The fourth-order valence-electron chi connectivity index (χ4n) is 3.37. The minimum Gasteiger partial charge on any atom is -0.490 e. The van der Waals surface area contributed by atoms with Crippen molar-refractivity contribution in [2.24, 2.45) is 5.92 Å². The molecule has 0 aliphatic carbocycles. The Morgan fingerprint density at radius 2 is 1.89 bits per heavy atom. The van der Waals surface area contributed by atoms with Gasteiger partial charge >= 0.3 is 6.03 Å². The lowest BCUT2D eigenvalue weighted by atomic mass is 9.97. The molecule has 1 aliphatic heterocycles. The summed E-state index contributed by atoms with van der Waals surface area (Å²) in [6.45, 7) is 6.80. The molecule has 0 saturated carbocycles. The molecule has 0 radical (unpaired) electrons. The Kier molecular flexibility index (Phi) is 8.42. The van der Waals surface area contributed by atoms with Gasteiger partial charge in [0.05, 0.1) is 19.1 Å². The molecular formula is C21H33N3O4. The second-order valence-corrected chi connectivity index (χ2v) is 7.15. The van der Waals surface area contributed by atoms with Crippen molar-refractivity contribution in [3.8, 4) is 11.5 Å². The second kappa shape index (κ2) is 10.8. The standard InChI is InChI=1S/C21H33N3O4/c1-5-27-18-10-9-16(14-19(18)28-6-2)11-12-22-20(25)17-8-7-13-24(15-17)21(26)23(3)4/h9-10,14,17H,5-8,11-13,15H2,1-4H3,(H,22,25)/t17-/m1/s1. The molecule has 0 spiro atoms. The Hall–Kier alpha value is -2.44. The number of hydrogen-bond acceptors (Lipinski definition) is 4. The van der Waals surface area contributed by atoms with E-state index in [-0.39, 0.29) is 17.9 Å². The first-order valence-electron chi connectivity index (χ1n) is 10.1. The fourth-order valence-corrected chi connectivity index (χ4v) is 3.37. The molecule has 1 heterocycles. The Bertz CT molecular complexity index is 663. The normalized spacial score (nSPS) is 16.4. The molecule has 1 aromatic rings. The topological polar surface area (TPSA) is 71.1 Å². The molecule has 7 heteroatoms. The monoisotopic (exact) mass is 391 g/mol. The van der Waals surface area contributed by atoms with Crippen molar-refractivity contribution < 1.29 is 19.1 Å². The number of likely N-dealkylation sites (tertiary alicyclic amines) is 1. The highest BCUT2D eigenvalue weighted by Crippen LogP contribution is 2.28. The molecule has 1 atom stereocenters. The maximum Gasteiger partial charge on any atom is 0.319 e. The molecule has 0 aromatic heterocycles. The number of benzene rings is 1. The van der Waals surface area contributed by atoms with Gasteiger partial charge in [-0.25, -0.2) is 4.79 Å². The number of urea groups is 1. The maximum absolute atomic E-state index is 12.5. The van der Waals surface area contributed by atoms with Crippen LogP contribution in [0.3, 0.4) is 0 Å². The van der Waals surface area contributed by atoms with Gasteiger partial charge in [0, 0.05) is 33.7 Å². The van der Waals surface area contributed by atoms with Crippen LogP contribution in [0.2, 0.25) is 0 Å². The number of nitrogens with one attached hydrogen (secondary N) is 1. The first-order chi connectivity index (χ1) is 13.5. The van der Waals surface area contributed by atoms with Gasteiger partial charge in [-0.05, 0) is 50.8 Å². The molecule has 156 valence electrons. The number of ether oxygens (including phenoxy) is 2. The summed E-state index contributed by atoms with van der Waals surface area (Å²) in [5.41, 5.74) is 1.08. The highest BCUT2D eigenvalue weighted by molar-refractivity contribution is 5.80. The molecule has 1 aliphatic rings. The number of nitrogens with zero attached hydrogens (tertiary/aromatic N) is 2. The van der Waals surface area contributed by atoms with Crippen LogP contribution >= 0.6 is 0 Å². The predicted octanol–water partition coefficient (Wildman–Crippen LogP) is 2.54. The largest absolute Gasteiger partial charge is 0.490 e. The molecule has 3 amide bonds. The van der Waals surface area contributed by atoms with E-state index in [2.05, 4.69) is 5.32 Å². The van der Waals surface area contributed by atoms with Gasteiger partial charge in [0.1, 0.15) is 0 Å². The van der Waals surface area contributed by atoms with E-state index in [0.29, 0.717) is 39.3 Å². The van der Waals surface area contributed by atoms with E-state index < -0.39 is 0 Å². The van der Waals surface area contributed by atoms with Crippen LogP contribution in [-0.4, -0.2) is 68.7 Å². The van der Waals surface area contributed by atoms with Gasteiger partial charge in [-0.15, -0.1) is 0 Å². The molecule has 1 saturated heterocycles. The van der Waals surface area contributed by atoms with Crippen molar-refractivity contribution in [3.63, 3.8) is 0 Å². The van der Waals surface area contributed by atoms with Gasteiger partial charge in [-0.2, -0.15) is 0 Å². The van der Waals surface area contributed by atoms with Crippen LogP contribution in [0.25, 0.3) is 0 Å². The summed E-state index contributed by atoms with van der Waals surface area (Å²) >= 11 is 0. The van der Waals surface area contributed by atoms with E-state index >= 15 is 0 Å². The molecule has 1 aromatic carbocycles. The smallest absolute Gasteiger partial charge is 0.319 e. The summed E-state index contributed by atoms with van der Waals surface area (Å²) in [7, 11) is 3.47. The highest BCUT2D eigenvalue weighted by Gasteiger charge is 2.28. The molecule has 7 nitrogen and oxygen atoms in total. The Morgan fingerprint density at radius 1 is 1.18 bits per heavy atom. The number of amides is 3. The lowest BCUT2D eigenvalue weighted by Gasteiger charge is -2.33. The Balaban J connectivity index is 1.86. The number of carbonyl (C=O) groups excluding carboxylic acids is 2. The lowest BCUT2D eigenvalue weighted by molar-refractivity contribution is -0.126. The van der Waals surface area contributed by atoms with Gasteiger partial charge in [0.2, 0.25) is 5.91 Å². The van der Waals surface area contributed by atoms with Crippen LogP contribution < -0.4 is 14.8 Å². The average Bonchev–Trinajstić information content (AvgIpc) is 2.69. The summed E-state index contributed by atoms with van der Waals surface area (Å²) in [5.74, 6) is 1.35. The molecule has 0 bridgehead atoms. The van der Waals surface area contributed by atoms with E-state index in [0.717, 1.165) is 29.9 Å². The molecule has 2 rings (SSSR count). The zero-order valence-corrected chi connectivity index (χ0v) is 17.5. The summed E-state index contributed by atoms with van der Waals surface area (Å²) in [5, 5.41) is 3.02. The third-order valence-electron chi connectivity index (χ3n) is 4.77. The summed E-state index contributed by atoms with van der Waals surface area (Å²) < 4.78 is 11.2. The van der Waals surface area contributed by atoms with Crippen LogP contribution in [0.15, 0.2) is 18.2 Å². The lowest BCUT2D eigenvalue weighted by Crippen LogP contribution is -2.48. The van der Waals surface area contributed by atoms with Crippen molar-refractivity contribution in [1.29, 1.82) is 0 Å². The van der Waals surface area contributed by atoms with Gasteiger partial charge in [0.15, 0.2) is 11.5 Å². The van der Waals surface area contributed by atoms with Crippen LogP contribution in [0, 0.1) is 5.92 Å². The summed E-state index contributed by atoms with van der Waals surface area (Å²) in [6.07, 6.45) is 2.39. The van der Waals surface area contributed by atoms with Crippen molar-refractivity contribution >= 4 is 11.9 Å². The molecule has 0 unspecified atom stereocenters. The second-order valence-electron chi connectivity index (χ2n) is 7.15. The highest BCUT2D eigenvalue weighted by atomic mass is 16.5. The van der Waals surface area contributed by atoms with Crippen LogP contribution in [0.5, 0.6) is 11.5 Å². The maximum atomic E-state index is 12.5. The third-order valence-corrected chi connectivity index (χ3v) is 4.77. The molecule has 1 N–H and O–H groups in total. The van der Waals surface area contributed by atoms with Crippen molar-refractivity contribution in [3.05, 3.63) is 23.8 Å². The summed E-state index contributed by atoms with van der Waals surface area (Å²) in [4.78, 5) is 28.0. The first-order valence-corrected chi connectivity index (χ1v) is 10.1. The molecule has 1 fully saturated rings. The van der Waals surface area contributed by atoms with E-state index in [1.54, 1.807) is 23.9 Å². The van der Waals surface area contributed by atoms with Gasteiger partial charge in [-0.3, -0.25) is 4.79 Å². The average molecular weight is 392 g/mol. The van der Waals surface area contributed by atoms with Crippen LogP contribution in [-0.2, 0) is 11.2 Å². The predicted molar refractivity (Wildman–Crippen MR) is 109 cm³/mol. The van der Waals surface area contributed by atoms with Crippen LogP contribution in [0.1, 0.15) is 32.3 Å². The molecule has 28 heavy (non-hydrogen) atoms. The molecular weight excluding hydrogens is 358 g/mol.